The smallest absolute Gasteiger partial charge is 0.425 e. The minimum atomic E-state index is -3.60. The first kappa shape index (κ1) is 31.2. The molecule has 0 amide bonds. The van der Waals surface area contributed by atoms with E-state index in [9.17, 15) is 0 Å². The third-order valence-electron chi connectivity index (χ3n) is 8.44. The van der Waals surface area contributed by atoms with Gasteiger partial charge in [0.25, 0.3) is 0 Å². The maximum Gasteiger partial charge on any atom is 0.427 e. The van der Waals surface area contributed by atoms with Crippen molar-refractivity contribution in [2.75, 3.05) is 0 Å². The summed E-state index contributed by atoms with van der Waals surface area (Å²) in [5.74, 6) is -0.982. The summed E-state index contributed by atoms with van der Waals surface area (Å²) in [5, 5.41) is 0. The van der Waals surface area contributed by atoms with E-state index in [0.29, 0.717) is 28.7 Å². The lowest BCUT2D eigenvalue weighted by Gasteiger charge is -2.29. The normalized spacial score (nSPS) is 13.5. The number of hydrogen-bond donors (Lipinski definition) is 0. The minimum Gasteiger partial charge on any atom is -0.425 e. The third kappa shape index (κ3) is 8.40. The maximum absolute atomic E-state index is 15.4. The Labute approximate surface area is 245 Å². The van der Waals surface area contributed by atoms with Crippen LogP contribution in [0.1, 0.15) is 120 Å². The third-order valence-corrected chi connectivity index (χ3v) is 8.44. The van der Waals surface area contributed by atoms with Crippen LogP contribution in [0.3, 0.4) is 0 Å². The summed E-state index contributed by atoms with van der Waals surface area (Å²) in [5.41, 5.74) is 3.81. The Kier molecular flexibility index (Phi) is 11.8. The van der Waals surface area contributed by atoms with Gasteiger partial charge in [0.15, 0.2) is 11.6 Å². The molecule has 0 aromatic heterocycles. The van der Waals surface area contributed by atoms with Crippen LogP contribution < -0.4 is 4.74 Å². The van der Waals surface area contributed by atoms with Gasteiger partial charge in [-0.3, -0.25) is 0 Å². The predicted octanol–water partition coefficient (Wildman–Crippen LogP) is 12.2. The Hall–Kier alpha value is -2.75. The molecule has 0 unspecified atom stereocenters. The zero-order chi connectivity index (χ0) is 29.1. The molecule has 1 aliphatic heterocycles. The van der Waals surface area contributed by atoms with Crippen molar-refractivity contribution >= 4 is 0 Å². The van der Waals surface area contributed by atoms with Crippen LogP contribution in [0.4, 0.5) is 13.2 Å². The van der Waals surface area contributed by atoms with E-state index in [1.165, 1.54) is 82.3 Å². The van der Waals surface area contributed by atoms with Gasteiger partial charge < -0.3 is 4.74 Å². The molecule has 1 heterocycles. The predicted molar refractivity (Wildman–Crippen MR) is 165 cm³/mol. The average Bonchev–Trinajstić information content (AvgIpc) is 2.98. The Balaban J connectivity index is 1.41. The zero-order valence-corrected chi connectivity index (χ0v) is 25.1. The van der Waals surface area contributed by atoms with Crippen molar-refractivity contribution in [3.05, 3.63) is 77.1 Å². The Bertz CT molecular complexity index is 1230. The Morgan fingerprint density at radius 2 is 1.12 bits per heavy atom. The molecule has 0 bridgehead atoms. The molecule has 41 heavy (non-hydrogen) atoms. The molecule has 1 aliphatic rings. The highest BCUT2D eigenvalue weighted by molar-refractivity contribution is 5.80. The second kappa shape index (κ2) is 15.5. The molecule has 3 aromatic rings. The topological polar surface area (TPSA) is 9.23 Å². The van der Waals surface area contributed by atoms with Gasteiger partial charge in [-0.1, -0.05) is 139 Å². The van der Waals surface area contributed by atoms with Gasteiger partial charge >= 0.3 is 6.11 Å². The summed E-state index contributed by atoms with van der Waals surface area (Å²) in [6.07, 6.45) is 14.8. The van der Waals surface area contributed by atoms with E-state index < -0.39 is 11.9 Å². The number of alkyl halides is 2. The molecule has 0 saturated carbocycles. The van der Waals surface area contributed by atoms with Gasteiger partial charge in [0, 0.05) is 5.56 Å². The molecular weight excluding hydrogens is 517 g/mol. The van der Waals surface area contributed by atoms with E-state index in [2.05, 4.69) is 26.0 Å². The lowest BCUT2D eigenvalue weighted by Crippen LogP contribution is -2.27. The van der Waals surface area contributed by atoms with Crippen molar-refractivity contribution in [2.45, 2.75) is 123 Å². The molecule has 0 fully saturated rings. The van der Waals surface area contributed by atoms with Crippen LogP contribution in [0, 0.1) is 5.82 Å². The molecule has 0 spiro atoms. The molecule has 3 aromatic carbocycles. The monoisotopic (exact) mass is 564 g/mol. The first-order valence-electron chi connectivity index (χ1n) is 16.1. The van der Waals surface area contributed by atoms with Gasteiger partial charge in [-0.15, -0.1) is 0 Å². The maximum atomic E-state index is 15.4. The lowest BCUT2D eigenvalue weighted by molar-refractivity contribution is -0.188. The first-order valence-corrected chi connectivity index (χ1v) is 16.1. The lowest BCUT2D eigenvalue weighted by atomic mass is 9.90. The highest BCUT2D eigenvalue weighted by Gasteiger charge is 2.43. The largest absolute Gasteiger partial charge is 0.427 e. The van der Waals surface area contributed by atoms with Crippen LogP contribution in [0.15, 0.2) is 54.6 Å². The molecule has 0 aliphatic carbocycles. The summed E-state index contributed by atoms with van der Waals surface area (Å²) >= 11 is 0. The number of ether oxygens (including phenoxy) is 1. The number of halogens is 3. The van der Waals surface area contributed by atoms with E-state index in [1.54, 1.807) is 18.2 Å². The van der Waals surface area contributed by atoms with Crippen LogP contribution in [-0.4, -0.2) is 0 Å². The summed E-state index contributed by atoms with van der Waals surface area (Å²) in [6.45, 7) is 4.43. The van der Waals surface area contributed by atoms with Crippen molar-refractivity contribution in [1.82, 2.24) is 0 Å². The number of rotatable bonds is 17. The summed E-state index contributed by atoms with van der Waals surface area (Å²) in [6, 6.07) is 16.7. The van der Waals surface area contributed by atoms with Crippen molar-refractivity contribution in [3.63, 3.8) is 0 Å². The van der Waals surface area contributed by atoms with Crippen molar-refractivity contribution in [2.24, 2.45) is 0 Å². The van der Waals surface area contributed by atoms with E-state index in [4.69, 9.17) is 4.74 Å². The Morgan fingerprint density at radius 1 is 0.585 bits per heavy atom. The van der Waals surface area contributed by atoms with Crippen LogP contribution in [0.5, 0.6) is 5.75 Å². The molecule has 222 valence electrons. The summed E-state index contributed by atoms with van der Waals surface area (Å²) < 4.78 is 51.0. The van der Waals surface area contributed by atoms with E-state index in [1.807, 2.05) is 18.2 Å². The van der Waals surface area contributed by atoms with Gasteiger partial charge in [-0.2, -0.15) is 8.78 Å². The number of fused-ring (bicyclic) bond motifs is 3. The van der Waals surface area contributed by atoms with Gasteiger partial charge in [-0.05, 0) is 59.6 Å². The van der Waals surface area contributed by atoms with Gasteiger partial charge in [0.2, 0.25) is 0 Å². The van der Waals surface area contributed by atoms with Crippen LogP contribution in [-0.2, 0) is 19.0 Å². The fourth-order valence-corrected chi connectivity index (χ4v) is 5.91. The van der Waals surface area contributed by atoms with Gasteiger partial charge in [0.1, 0.15) is 0 Å². The molecule has 4 rings (SSSR count). The second-order valence-corrected chi connectivity index (χ2v) is 11.7. The molecule has 0 N–H and O–H groups in total. The average molecular weight is 565 g/mol. The highest BCUT2D eigenvalue weighted by atomic mass is 19.3. The second-order valence-electron chi connectivity index (χ2n) is 11.7. The SMILES string of the molecule is CCCCCCCCCc1ccc(-c2ccc3c(c2)C(F)(F)Oc2c-3ccc(CCCCCCCCC)c2F)cc1. The van der Waals surface area contributed by atoms with Crippen molar-refractivity contribution < 1.29 is 17.9 Å². The van der Waals surface area contributed by atoms with Gasteiger partial charge in [0.05, 0.1) is 5.56 Å². The molecule has 0 saturated heterocycles. The van der Waals surface area contributed by atoms with Crippen molar-refractivity contribution in [3.8, 4) is 28.0 Å². The van der Waals surface area contributed by atoms with E-state index in [-0.39, 0.29) is 11.3 Å². The van der Waals surface area contributed by atoms with E-state index in [0.717, 1.165) is 31.2 Å². The zero-order valence-electron chi connectivity index (χ0n) is 25.1. The fraction of sp³-hybridized carbons (Fsp3) is 0.514. The minimum absolute atomic E-state index is 0.214. The van der Waals surface area contributed by atoms with Crippen LogP contribution >= 0.6 is 0 Å². The Morgan fingerprint density at radius 3 is 1.76 bits per heavy atom. The first-order chi connectivity index (χ1) is 19.9. The summed E-state index contributed by atoms with van der Waals surface area (Å²) in [7, 11) is 0. The van der Waals surface area contributed by atoms with Crippen LogP contribution in [0.2, 0.25) is 0 Å². The number of unbranched alkanes of at least 4 members (excludes halogenated alkanes) is 12. The summed E-state index contributed by atoms with van der Waals surface area (Å²) in [4.78, 5) is 0. The molecular formula is C37H47F3O. The molecule has 0 atom stereocenters. The number of hydrogen-bond acceptors (Lipinski definition) is 1. The van der Waals surface area contributed by atoms with Gasteiger partial charge in [-0.25, -0.2) is 4.39 Å². The number of benzene rings is 3. The number of aryl methyl sites for hydroxylation is 2. The highest BCUT2D eigenvalue weighted by Crippen LogP contribution is 2.49. The van der Waals surface area contributed by atoms with Crippen molar-refractivity contribution in [1.29, 1.82) is 0 Å². The molecule has 0 radical (unpaired) electrons. The fourth-order valence-electron chi connectivity index (χ4n) is 5.91. The standard InChI is InChI=1S/C37H47F3O/c1-3-5-7-9-11-13-15-17-28-19-21-29(22-20-28)31-24-25-32-33-26-23-30(18-16-14-12-10-8-6-4-2)35(38)36(33)41-37(39,40)34(32)27-31/h19-27H,3-18H2,1-2H3. The molecule has 1 nitrogen and oxygen atoms in total. The van der Waals surface area contributed by atoms with E-state index >= 15 is 13.2 Å². The molecule has 4 heteroatoms. The quantitative estimate of drug-likeness (QED) is 0.148. The van der Waals surface area contributed by atoms with Crippen LogP contribution in [0.25, 0.3) is 22.3 Å².